The number of benzene rings is 2. The van der Waals surface area contributed by atoms with E-state index in [1.807, 2.05) is 17.7 Å². The fourth-order valence-corrected chi connectivity index (χ4v) is 5.56. The number of anilines is 2. The number of phenolic OH excluding ortho intramolecular Hbond substituents is 1. The van der Waals surface area contributed by atoms with Crippen LogP contribution in [0.5, 0.6) is 5.75 Å². The minimum Gasteiger partial charge on any atom is -0.506 e. The average Bonchev–Trinajstić information content (AvgIpc) is 2.89. The largest absolute Gasteiger partial charge is 0.506 e. The van der Waals surface area contributed by atoms with Crippen molar-refractivity contribution in [3.63, 3.8) is 0 Å². The van der Waals surface area contributed by atoms with E-state index in [0.717, 1.165) is 9.87 Å². The molecule has 3 N–H and O–H groups in total. The highest BCUT2D eigenvalue weighted by Gasteiger charge is 2.35. The zero-order valence-electron chi connectivity index (χ0n) is 16.5. The Hall–Kier alpha value is -2.79. The molecule has 0 radical (unpaired) electrons. The van der Waals surface area contributed by atoms with Gasteiger partial charge in [0.15, 0.2) is 0 Å². The normalized spacial score (nSPS) is 15.8. The molecule has 0 aliphatic carbocycles. The number of rotatable bonds is 7. The second kappa shape index (κ2) is 8.15. The van der Waals surface area contributed by atoms with Crippen LogP contribution in [0.15, 0.2) is 36.4 Å². The Morgan fingerprint density at radius 1 is 1.20 bits per heavy atom. The fourth-order valence-electron chi connectivity index (χ4n) is 3.23. The predicted molar refractivity (Wildman–Crippen MR) is 114 cm³/mol. The van der Waals surface area contributed by atoms with E-state index in [0.29, 0.717) is 29.7 Å². The maximum Gasteiger partial charge on any atom is 0.326 e. The number of phenols is 1. The molecule has 0 bridgehead atoms. The molecule has 0 atom stereocenters. The van der Waals surface area contributed by atoms with Gasteiger partial charge in [0.25, 0.3) is 5.91 Å². The van der Waals surface area contributed by atoms with E-state index in [2.05, 4.69) is 4.72 Å². The molecule has 1 saturated heterocycles. The number of sulfonamides is 1. The molecule has 0 spiro atoms. The van der Waals surface area contributed by atoms with Crippen LogP contribution in [0.3, 0.4) is 0 Å². The van der Waals surface area contributed by atoms with Gasteiger partial charge in [-0.15, -0.1) is 0 Å². The van der Waals surface area contributed by atoms with Crippen molar-refractivity contribution in [2.75, 3.05) is 21.3 Å². The summed E-state index contributed by atoms with van der Waals surface area (Å²) >= 11 is 0. The molecule has 30 heavy (non-hydrogen) atoms. The lowest BCUT2D eigenvalue weighted by Gasteiger charge is -2.17. The number of aromatic hydroxyl groups is 1. The number of carbonyl (C=O) groups is 1. The monoisotopic (exact) mass is 453 g/mol. The molecule has 0 aromatic heterocycles. The molecule has 0 unspecified atom stereocenters. The van der Waals surface area contributed by atoms with Gasteiger partial charge in [-0.3, -0.25) is 9.52 Å². The molecule has 1 fully saturated rings. The summed E-state index contributed by atoms with van der Waals surface area (Å²) in [6.45, 7) is 3.26. The van der Waals surface area contributed by atoms with E-state index in [1.54, 1.807) is 25.1 Å². The summed E-state index contributed by atoms with van der Waals surface area (Å²) in [5, 5.41) is 10.4. The SMILES string of the molecule is CCCS(=O)(=O)Nc1ccc(C)cc1Cc1ccc(N2CC(=O)NS2(=O)=O)c(O)c1. The predicted octanol–water partition coefficient (Wildman–Crippen LogP) is 1.62. The van der Waals surface area contributed by atoms with Crippen LogP contribution in [-0.2, 0) is 31.4 Å². The molecule has 2 aromatic carbocycles. The third-order valence-electron chi connectivity index (χ3n) is 4.52. The number of nitrogens with zero attached hydrogens (tertiary/aromatic N) is 1. The highest BCUT2D eigenvalue weighted by molar-refractivity contribution is 7.92. The van der Waals surface area contributed by atoms with Crippen molar-refractivity contribution in [1.82, 2.24) is 4.72 Å². The van der Waals surface area contributed by atoms with Crippen LogP contribution in [0.1, 0.15) is 30.0 Å². The van der Waals surface area contributed by atoms with Gasteiger partial charge < -0.3 is 5.11 Å². The Morgan fingerprint density at radius 2 is 1.93 bits per heavy atom. The first-order valence-electron chi connectivity index (χ1n) is 9.26. The zero-order chi connectivity index (χ0) is 22.1. The van der Waals surface area contributed by atoms with Crippen LogP contribution in [-0.4, -0.2) is 40.1 Å². The van der Waals surface area contributed by atoms with Crippen LogP contribution in [0.4, 0.5) is 11.4 Å². The molecule has 1 heterocycles. The zero-order valence-corrected chi connectivity index (χ0v) is 18.2. The van der Waals surface area contributed by atoms with Gasteiger partial charge >= 0.3 is 10.2 Å². The summed E-state index contributed by atoms with van der Waals surface area (Å²) in [6.07, 6.45) is 0.798. The Morgan fingerprint density at radius 3 is 2.53 bits per heavy atom. The molecular weight excluding hydrogens is 430 g/mol. The maximum absolute atomic E-state index is 12.2. The van der Waals surface area contributed by atoms with Crippen molar-refractivity contribution in [3.05, 3.63) is 53.1 Å². The van der Waals surface area contributed by atoms with E-state index in [4.69, 9.17) is 0 Å². The number of aryl methyl sites for hydroxylation is 1. The number of carbonyl (C=O) groups excluding carboxylic acids is 1. The minimum absolute atomic E-state index is 0.00681. The lowest BCUT2D eigenvalue weighted by atomic mass is 10.0. The molecule has 1 aliphatic rings. The first-order chi connectivity index (χ1) is 14.0. The van der Waals surface area contributed by atoms with Crippen molar-refractivity contribution < 1.29 is 26.7 Å². The van der Waals surface area contributed by atoms with Gasteiger partial charge in [0.2, 0.25) is 10.0 Å². The Kier molecular flexibility index (Phi) is 5.95. The molecule has 1 amide bonds. The summed E-state index contributed by atoms with van der Waals surface area (Å²) in [5.74, 6) is -0.969. The topological polar surface area (TPSA) is 133 Å². The molecule has 3 rings (SSSR count). The van der Waals surface area contributed by atoms with E-state index >= 15 is 0 Å². The van der Waals surface area contributed by atoms with E-state index < -0.39 is 32.7 Å². The summed E-state index contributed by atoms with van der Waals surface area (Å²) in [7, 11) is -7.49. The average molecular weight is 454 g/mol. The van der Waals surface area contributed by atoms with E-state index in [-0.39, 0.29) is 17.2 Å². The second-order valence-corrected chi connectivity index (χ2v) is 10.6. The van der Waals surface area contributed by atoms with E-state index in [9.17, 15) is 26.7 Å². The first-order valence-corrected chi connectivity index (χ1v) is 12.3. The van der Waals surface area contributed by atoms with Crippen LogP contribution < -0.4 is 13.7 Å². The third kappa shape index (κ3) is 4.85. The quantitative estimate of drug-likeness (QED) is 0.584. The summed E-state index contributed by atoms with van der Waals surface area (Å²) < 4.78 is 53.6. The van der Waals surface area contributed by atoms with Gasteiger partial charge in [-0.2, -0.15) is 8.42 Å². The lowest BCUT2D eigenvalue weighted by molar-refractivity contribution is -0.117. The van der Waals surface area contributed by atoms with E-state index in [1.165, 1.54) is 12.1 Å². The van der Waals surface area contributed by atoms with Gasteiger partial charge in [0.1, 0.15) is 12.3 Å². The van der Waals surface area contributed by atoms with Crippen LogP contribution >= 0.6 is 0 Å². The number of nitrogens with one attached hydrogen (secondary N) is 2. The summed E-state index contributed by atoms with van der Waals surface area (Å²) in [6, 6.07) is 9.79. The Bertz CT molecular complexity index is 1190. The third-order valence-corrected chi connectivity index (χ3v) is 7.39. The van der Waals surface area contributed by atoms with Crippen molar-refractivity contribution in [2.24, 2.45) is 0 Å². The van der Waals surface area contributed by atoms with Gasteiger partial charge in [0.05, 0.1) is 17.1 Å². The molecule has 0 saturated carbocycles. The molecule has 11 heteroatoms. The van der Waals surface area contributed by atoms with Crippen molar-refractivity contribution in [1.29, 1.82) is 0 Å². The van der Waals surface area contributed by atoms with Crippen LogP contribution in [0.2, 0.25) is 0 Å². The van der Waals surface area contributed by atoms with Gasteiger partial charge in [-0.1, -0.05) is 30.7 Å². The molecule has 2 aromatic rings. The molecular formula is C19H23N3O6S2. The number of hydrogen-bond acceptors (Lipinski definition) is 6. The summed E-state index contributed by atoms with van der Waals surface area (Å²) in [5.41, 5.74) is 2.75. The highest BCUT2D eigenvalue weighted by Crippen LogP contribution is 2.32. The summed E-state index contributed by atoms with van der Waals surface area (Å²) in [4.78, 5) is 11.4. The van der Waals surface area contributed by atoms with Crippen LogP contribution in [0, 0.1) is 6.92 Å². The lowest BCUT2D eigenvalue weighted by Crippen LogP contribution is -2.29. The van der Waals surface area contributed by atoms with Crippen molar-refractivity contribution in [2.45, 2.75) is 26.7 Å². The smallest absolute Gasteiger partial charge is 0.326 e. The van der Waals surface area contributed by atoms with Gasteiger partial charge in [-0.25, -0.2) is 17.4 Å². The molecule has 9 nitrogen and oxygen atoms in total. The van der Waals surface area contributed by atoms with Gasteiger partial charge in [0, 0.05) is 0 Å². The maximum atomic E-state index is 12.2. The number of hydrogen-bond donors (Lipinski definition) is 3. The standard InChI is InChI=1S/C19H23N3O6S2/c1-3-8-29(25,26)20-16-6-4-13(2)9-15(16)10-14-5-7-17(18(23)11-14)22-12-19(24)21-30(22,27)28/h4-7,9,11,20,23H,3,8,10,12H2,1-2H3,(H,21,24). The van der Waals surface area contributed by atoms with Crippen molar-refractivity contribution in [3.8, 4) is 5.75 Å². The fraction of sp³-hybridized carbons (Fsp3) is 0.316. The Balaban J connectivity index is 1.90. The van der Waals surface area contributed by atoms with Crippen LogP contribution in [0.25, 0.3) is 0 Å². The second-order valence-electron chi connectivity index (χ2n) is 7.12. The minimum atomic E-state index is -4.02. The highest BCUT2D eigenvalue weighted by atomic mass is 32.2. The molecule has 162 valence electrons. The van der Waals surface area contributed by atoms with Gasteiger partial charge in [-0.05, 0) is 49.1 Å². The first kappa shape index (κ1) is 21.9. The van der Waals surface area contributed by atoms with Crippen molar-refractivity contribution >= 4 is 37.5 Å². The number of amides is 1. The Labute approximate surface area is 176 Å². The molecule has 1 aliphatic heterocycles.